The van der Waals surface area contributed by atoms with Crippen molar-refractivity contribution in [3.63, 3.8) is 0 Å². The number of methoxy groups -OCH3 is 1. The average Bonchev–Trinajstić information content (AvgIpc) is 2.59. The first-order valence-corrected chi connectivity index (χ1v) is 9.15. The number of nitrogens with one attached hydrogen (secondary N) is 1. The molecule has 1 saturated heterocycles. The summed E-state index contributed by atoms with van der Waals surface area (Å²) in [6, 6.07) is 9.66. The van der Waals surface area contributed by atoms with E-state index in [-0.39, 0.29) is 5.70 Å². The Kier molecular flexibility index (Phi) is 4.86. The molecule has 1 fully saturated rings. The highest BCUT2D eigenvalue weighted by molar-refractivity contribution is 8.00. The number of nitrogens with zero attached hydrogens (tertiary/aromatic N) is 1. The molecule has 3 rings (SSSR count). The number of thioether (sulfide) groups is 1. The van der Waals surface area contributed by atoms with Gasteiger partial charge in [0, 0.05) is 19.3 Å². The lowest BCUT2D eigenvalue weighted by Crippen LogP contribution is -2.80. The monoisotopic (exact) mass is 378 g/mol. The van der Waals surface area contributed by atoms with Crippen LogP contribution in [0.2, 0.25) is 0 Å². The number of carbonyl (C=O) groups excluding carboxylic acids is 1. The number of β-lactam (4-membered cyclic amide) rings is 1. The number of ether oxygens (including phenoxy) is 1. The van der Waals surface area contributed by atoms with Crippen molar-refractivity contribution in [3.8, 4) is 0 Å². The van der Waals surface area contributed by atoms with Gasteiger partial charge in [-0.15, -0.1) is 11.8 Å². The van der Waals surface area contributed by atoms with Gasteiger partial charge in [-0.25, -0.2) is 4.79 Å². The smallest absolute Gasteiger partial charge is 0.352 e. The zero-order chi connectivity index (χ0) is 18.2. The molecule has 0 radical (unpaired) electrons. The highest BCUT2D eigenvalue weighted by atomic mass is 32.2. The van der Waals surface area contributed by atoms with Crippen LogP contribution in [0, 0.1) is 0 Å². The molecule has 0 aliphatic carbocycles. The largest absolute Gasteiger partial charge is 0.477 e. The minimum Gasteiger partial charge on any atom is -0.477 e. The number of fused-ring (bicyclic) bond motifs is 1. The van der Waals surface area contributed by atoms with Gasteiger partial charge in [0.1, 0.15) is 11.1 Å². The van der Waals surface area contributed by atoms with Gasteiger partial charge in [0.25, 0.3) is 11.6 Å². The van der Waals surface area contributed by atoms with Crippen molar-refractivity contribution in [1.29, 1.82) is 0 Å². The van der Waals surface area contributed by atoms with Crippen molar-refractivity contribution >= 4 is 40.8 Å². The van der Waals surface area contributed by atoms with E-state index in [1.165, 1.54) is 23.8 Å². The van der Waals surface area contributed by atoms with Crippen LogP contribution in [0.4, 0.5) is 0 Å². The lowest BCUT2D eigenvalue weighted by atomic mass is 9.98. The summed E-state index contributed by atoms with van der Waals surface area (Å²) in [7, 11) is 1.43. The molecule has 25 heavy (non-hydrogen) atoms. The highest BCUT2D eigenvalue weighted by Crippen LogP contribution is 2.46. The fourth-order valence-corrected chi connectivity index (χ4v) is 4.77. The standard InChI is InChI=1S/C17H18N2O4S2/c1-10-9-25-16-17(23-2,15(22)19(16)13(10)14(20)21)18-12(24)8-11-6-4-3-5-7-11/h3-7,16H,8-9H2,1-2H3,(H,18,24)(H,20,21)/t16-,17?/m0/s1. The third-order valence-electron chi connectivity index (χ3n) is 4.28. The van der Waals surface area contributed by atoms with Crippen molar-refractivity contribution in [2.24, 2.45) is 0 Å². The molecule has 2 heterocycles. The summed E-state index contributed by atoms with van der Waals surface area (Å²) in [5, 5.41) is 12.0. The summed E-state index contributed by atoms with van der Waals surface area (Å²) in [6.45, 7) is 1.72. The van der Waals surface area contributed by atoms with E-state index in [4.69, 9.17) is 17.0 Å². The summed E-state index contributed by atoms with van der Waals surface area (Å²) in [5.74, 6) is -1.01. The van der Waals surface area contributed by atoms with Crippen LogP contribution in [0.5, 0.6) is 0 Å². The number of carbonyl (C=O) groups is 2. The number of thiocarbonyl (C=S) groups is 1. The van der Waals surface area contributed by atoms with Crippen molar-refractivity contribution in [2.75, 3.05) is 12.9 Å². The minimum atomic E-state index is -1.32. The molecule has 8 heteroatoms. The first kappa shape index (κ1) is 17.9. The summed E-state index contributed by atoms with van der Waals surface area (Å²) in [4.78, 5) is 26.0. The van der Waals surface area contributed by atoms with Crippen LogP contribution < -0.4 is 5.32 Å². The molecular weight excluding hydrogens is 360 g/mol. The van der Waals surface area contributed by atoms with Crippen LogP contribution in [0.3, 0.4) is 0 Å². The molecule has 2 atom stereocenters. The predicted molar refractivity (Wildman–Crippen MR) is 99.0 cm³/mol. The quantitative estimate of drug-likeness (QED) is 0.459. The van der Waals surface area contributed by atoms with E-state index in [9.17, 15) is 14.7 Å². The topological polar surface area (TPSA) is 78.9 Å². The van der Waals surface area contributed by atoms with Gasteiger partial charge in [-0.2, -0.15) is 0 Å². The Labute approximate surface area is 155 Å². The maximum atomic E-state index is 12.8. The van der Waals surface area contributed by atoms with E-state index < -0.39 is 23.0 Å². The molecule has 1 amide bonds. The van der Waals surface area contributed by atoms with Gasteiger partial charge >= 0.3 is 5.97 Å². The molecule has 0 bridgehead atoms. The van der Waals surface area contributed by atoms with Gasteiger partial charge in [0.05, 0.1) is 4.99 Å². The molecule has 1 unspecified atom stereocenters. The highest BCUT2D eigenvalue weighted by Gasteiger charge is 2.66. The van der Waals surface area contributed by atoms with E-state index in [0.717, 1.165) is 5.56 Å². The van der Waals surface area contributed by atoms with Gasteiger partial charge in [0.2, 0.25) is 0 Å². The van der Waals surface area contributed by atoms with E-state index in [2.05, 4.69) is 5.32 Å². The maximum absolute atomic E-state index is 12.8. The van der Waals surface area contributed by atoms with Crippen LogP contribution in [0.1, 0.15) is 12.5 Å². The molecular formula is C17H18N2O4S2. The molecule has 2 aliphatic rings. The van der Waals surface area contributed by atoms with E-state index in [1.54, 1.807) is 6.92 Å². The van der Waals surface area contributed by atoms with Crippen molar-refractivity contribution in [2.45, 2.75) is 24.4 Å². The number of carboxylic acids is 1. The van der Waals surface area contributed by atoms with Crippen molar-refractivity contribution in [3.05, 3.63) is 47.2 Å². The van der Waals surface area contributed by atoms with Crippen LogP contribution in [0.25, 0.3) is 0 Å². The third-order valence-corrected chi connectivity index (χ3v) is 5.98. The zero-order valence-electron chi connectivity index (χ0n) is 13.8. The Balaban J connectivity index is 1.80. The minimum absolute atomic E-state index is 0.0391. The number of aliphatic carboxylic acids is 1. The number of hydrogen-bond acceptors (Lipinski definition) is 5. The van der Waals surface area contributed by atoms with E-state index in [0.29, 0.717) is 22.7 Å². The molecule has 2 N–H and O–H groups in total. The second-order valence-corrected chi connectivity index (χ2v) is 7.48. The molecule has 0 spiro atoms. The molecule has 1 aromatic carbocycles. The van der Waals surface area contributed by atoms with Crippen LogP contribution in [0.15, 0.2) is 41.6 Å². The normalized spacial score (nSPS) is 25.3. The lowest BCUT2D eigenvalue weighted by molar-refractivity contribution is -0.187. The fraction of sp³-hybridized carbons (Fsp3) is 0.353. The van der Waals surface area contributed by atoms with Gasteiger partial charge in [-0.1, -0.05) is 42.5 Å². The second-order valence-electron chi connectivity index (χ2n) is 5.92. The molecule has 0 aromatic heterocycles. The van der Waals surface area contributed by atoms with Crippen LogP contribution >= 0.6 is 24.0 Å². The van der Waals surface area contributed by atoms with Crippen molar-refractivity contribution in [1.82, 2.24) is 10.2 Å². The summed E-state index contributed by atoms with van der Waals surface area (Å²) >= 11 is 6.86. The Morgan fingerprint density at radius 2 is 2.16 bits per heavy atom. The Bertz CT molecular complexity index is 765. The molecule has 1 aromatic rings. The Morgan fingerprint density at radius 1 is 1.48 bits per heavy atom. The summed E-state index contributed by atoms with van der Waals surface area (Å²) < 4.78 is 5.50. The SMILES string of the molecule is COC1(NC(=S)Cc2ccccc2)C(=O)N2C(C(=O)O)=C(C)CS[C@H]21. The van der Waals surface area contributed by atoms with Crippen LogP contribution in [-0.2, 0) is 20.7 Å². The molecule has 132 valence electrons. The average molecular weight is 378 g/mol. The maximum Gasteiger partial charge on any atom is 0.352 e. The summed E-state index contributed by atoms with van der Waals surface area (Å²) in [6.07, 6.45) is 0.479. The van der Waals surface area contributed by atoms with Gasteiger partial charge in [-0.05, 0) is 18.1 Å². The number of rotatable bonds is 5. The lowest BCUT2D eigenvalue weighted by Gasteiger charge is -2.56. The third kappa shape index (κ3) is 2.94. The van der Waals surface area contributed by atoms with E-state index in [1.807, 2.05) is 30.3 Å². The molecule has 2 aliphatic heterocycles. The number of hydrogen-bond donors (Lipinski definition) is 2. The van der Waals surface area contributed by atoms with Gasteiger partial charge in [0.15, 0.2) is 0 Å². The summed E-state index contributed by atoms with van der Waals surface area (Å²) in [5.41, 5.74) is 0.404. The fourth-order valence-electron chi connectivity index (χ4n) is 3.07. The number of benzene rings is 1. The van der Waals surface area contributed by atoms with Gasteiger partial charge < -0.3 is 15.2 Å². The number of carboxylic acid groups (broad SMARTS) is 1. The Hall–Kier alpha value is -1.90. The van der Waals surface area contributed by atoms with Gasteiger partial charge in [-0.3, -0.25) is 9.69 Å². The molecule has 0 saturated carbocycles. The molecule has 6 nitrogen and oxygen atoms in total. The first-order valence-electron chi connectivity index (χ1n) is 7.69. The number of amides is 1. The Morgan fingerprint density at radius 3 is 2.76 bits per heavy atom. The first-order chi connectivity index (χ1) is 11.9. The van der Waals surface area contributed by atoms with Crippen molar-refractivity contribution < 1.29 is 19.4 Å². The predicted octanol–water partition coefficient (Wildman–Crippen LogP) is 1.76. The van der Waals surface area contributed by atoms with E-state index >= 15 is 0 Å². The second kappa shape index (κ2) is 6.78. The zero-order valence-corrected chi connectivity index (χ0v) is 15.4. The van der Waals surface area contributed by atoms with Crippen LogP contribution in [-0.4, -0.2) is 50.8 Å².